The summed E-state index contributed by atoms with van der Waals surface area (Å²) in [6.45, 7) is 1.96. The lowest BCUT2D eigenvalue weighted by Crippen LogP contribution is -2.24. The largest absolute Gasteiger partial charge is 0.497 e. The summed E-state index contributed by atoms with van der Waals surface area (Å²) in [6, 6.07) is 22.3. The Labute approximate surface area is 204 Å². The van der Waals surface area contributed by atoms with Gasteiger partial charge in [-0.3, -0.25) is 9.59 Å². The second-order valence-electron chi connectivity index (χ2n) is 7.33. The molecule has 3 rings (SSSR count). The van der Waals surface area contributed by atoms with Crippen LogP contribution in [-0.4, -0.2) is 31.3 Å². The second kappa shape index (κ2) is 12.5. The van der Waals surface area contributed by atoms with Crippen molar-refractivity contribution < 1.29 is 19.1 Å². The Balaban J connectivity index is 1.63. The van der Waals surface area contributed by atoms with Crippen molar-refractivity contribution in [3.8, 4) is 11.5 Å². The molecule has 1 atom stereocenters. The van der Waals surface area contributed by atoms with Crippen LogP contribution in [0.5, 0.6) is 11.5 Å². The van der Waals surface area contributed by atoms with E-state index in [1.807, 2.05) is 61.5 Å². The van der Waals surface area contributed by atoms with Crippen LogP contribution in [-0.2, 0) is 9.59 Å². The summed E-state index contributed by atoms with van der Waals surface area (Å²) in [4.78, 5) is 26.1. The number of rotatable bonds is 10. The Morgan fingerprint density at radius 3 is 2.44 bits per heavy atom. The van der Waals surface area contributed by atoms with E-state index in [2.05, 4.69) is 10.6 Å². The van der Waals surface area contributed by atoms with Crippen molar-refractivity contribution in [3.05, 3.63) is 84.4 Å². The summed E-state index contributed by atoms with van der Waals surface area (Å²) >= 11 is 1.44. The molecule has 0 bridgehead atoms. The van der Waals surface area contributed by atoms with E-state index in [0.717, 1.165) is 10.5 Å². The van der Waals surface area contributed by atoms with Gasteiger partial charge in [-0.05, 0) is 48.4 Å². The number of hydrogen-bond acceptors (Lipinski definition) is 5. The molecule has 0 aliphatic heterocycles. The van der Waals surface area contributed by atoms with Crippen molar-refractivity contribution >= 4 is 41.0 Å². The molecule has 1 unspecified atom stereocenters. The minimum Gasteiger partial charge on any atom is -0.497 e. The fourth-order valence-corrected chi connectivity index (χ4v) is 4.18. The smallest absolute Gasteiger partial charge is 0.248 e. The average molecular weight is 477 g/mol. The van der Waals surface area contributed by atoms with E-state index >= 15 is 0 Å². The molecule has 3 aromatic carbocycles. The van der Waals surface area contributed by atoms with Crippen molar-refractivity contribution in [2.75, 3.05) is 24.9 Å². The predicted molar refractivity (Wildman–Crippen MR) is 139 cm³/mol. The molecular weight excluding hydrogens is 448 g/mol. The van der Waals surface area contributed by atoms with Crippen LogP contribution in [0, 0.1) is 0 Å². The van der Waals surface area contributed by atoms with E-state index in [9.17, 15) is 9.59 Å². The van der Waals surface area contributed by atoms with E-state index in [0.29, 0.717) is 29.3 Å². The second-order valence-corrected chi connectivity index (χ2v) is 8.61. The van der Waals surface area contributed by atoms with Gasteiger partial charge < -0.3 is 20.1 Å². The highest BCUT2D eigenvalue weighted by atomic mass is 32.2. The molecule has 0 saturated carbocycles. The first-order valence-corrected chi connectivity index (χ1v) is 11.7. The average Bonchev–Trinajstić information content (AvgIpc) is 2.87. The van der Waals surface area contributed by atoms with Gasteiger partial charge in [0.15, 0.2) is 0 Å². The van der Waals surface area contributed by atoms with Gasteiger partial charge in [-0.15, -0.1) is 11.8 Å². The number of benzene rings is 3. The summed E-state index contributed by atoms with van der Waals surface area (Å²) in [5.41, 5.74) is 2.20. The number of amides is 2. The summed E-state index contributed by atoms with van der Waals surface area (Å²) in [6.07, 6.45) is 3.89. The predicted octanol–water partition coefficient (Wildman–Crippen LogP) is 5.87. The lowest BCUT2D eigenvalue weighted by atomic mass is 10.2. The van der Waals surface area contributed by atoms with Gasteiger partial charge in [0.05, 0.1) is 25.2 Å². The van der Waals surface area contributed by atoms with Gasteiger partial charge in [0.25, 0.3) is 0 Å². The maximum absolute atomic E-state index is 13.0. The monoisotopic (exact) mass is 476 g/mol. The van der Waals surface area contributed by atoms with Gasteiger partial charge in [-0.1, -0.05) is 43.3 Å². The Morgan fingerprint density at radius 2 is 1.74 bits per heavy atom. The minimum absolute atomic E-state index is 0.129. The number of anilines is 2. The van der Waals surface area contributed by atoms with Crippen LogP contribution in [0.4, 0.5) is 11.4 Å². The van der Waals surface area contributed by atoms with Gasteiger partial charge in [0.1, 0.15) is 11.5 Å². The molecule has 0 radical (unpaired) electrons. The fourth-order valence-electron chi connectivity index (χ4n) is 3.17. The van der Waals surface area contributed by atoms with E-state index in [1.165, 1.54) is 17.8 Å². The summed E-state index contributed by atoms with van der Waals surface area (Å²) in [5, 5.41) is 5.49. The molecule has 6 nitrogen and oxygen atoms in total. The third kappa shape index (κ3) is 7.15. The van der Waals surface area contributed by atoms with Crippen molar-refractivity contribution in [1.82, 2.24) is 0 Å². The zero-order valence-electron chi connectivity index (χ0n) is 19.4. The summed E-state index contributed by atoms with van der Waals surface area (Å²) < 4.78 is 10.6. The van der Waals surface area contributed by atoms with Gasteiger partial charge in [0, 0.05) is 22.7 Å². The summed E-state index contributed by atoms with van der Waals surface area (Å²) in [5.74, 6) is 0.827. The van der Waals surface area contributed by atoms with E-state index in [4.69, 9.17) is 9.47 Å². The number of thioether (sulfide) groups is 1. The Bertz CT molecular complexity index is 1150. The molecule has 3 aromatic rings. The van der Waals surface area contributed by atoms with Crippen molar-refractivity contribution in [1.29, 1.82) is 0 Å². The highest BCUT2D eigenvalue weighted by molar-refractivity contribution is 8.00. The van der Waals surface area contributed by atoms with Gasteiger partial charge in [-0.2, -0.15) is 0 Å². The number of methoxy groups -OCH3 is 2. The first kappa shape index (κ1) is 24.9. The van der Waals surface area contributed by atoms with E-state index in [-0.39, 0.29) is 17.1 Å². The Kier molecular flexibility index (Phi) is 9.17. The standard InChI is InChI=1S/C27H28N2O4S/c1-4-25(27(31)29-23-15-14-21(32-2)18-24(23)33-3)34-22-12-8-11-20(17-22)28-26(30)16-13-19-9-6-5-7-10-19/h5-18,25H,4H2,1-3H3,(H,28,30)(H,29,31)/b16-13+. The number of carbonyl (C=O) groups is 2. The topological polar surface area (TPSA) is 76.7 Å². The highest BCUT2D eigenvalue weighted by Crippen LogP contribution is 2.32. The van der Waals surface area contributed by atoms with Gasteiger partial charge >= 0.3 is 0 Å². The lowest BCUT2D eigenvalue weighted by Gasteiger charge is -2.17. The zero-order valence-corrected chi connectivity index (χ0v) is 20.2. The first-order valence-electron chi connectivity index (χ1n) is 10.9. The normalized spacial score (nSPS) is 11.6. The quantitative estimate of drug-likeness (QED) is 0.283. The van der Waals surface area contributed by atoms with Crippen LogP contribution in [0.2, 0.25) is 0 Å². The molecule has 0 aliphatic carbocycles. The molecule has 0 aromatic heterocycles. The van der Waals surface area contributed by atoms with E-state index < -0.39 is 0 Å². The zero-order chi connectivity index (χ0) is 24.3. The molecule has 34 heavy (non-hydrogen) atoms. The SMILES string of the molecule is CCC(Sc1cccc(NC(=O)/C=C/c2ccccc2)c1)C(=O)Nc1ccc(OC)cc1OC. The van der Waals surface area contributed by atoms with Crippen molar-refractivity contribution in [2.24, 2.45) is 0 Å². The molecule has 2 amide bonds. The molecule has 0 heterocycles. The molecule has 7 heteroatoms. The molecular formula is C27H28N2O4S. The maximum Gasteiger partial charge on any atom is 0.248 e. The van der Waals surface area contributed by atoms with Crippen LogP contribution < -0.4 is 20.1 Å². The molecule has 176 valence electrons. The molecule has 2 N–H and O–H groups in total. The number of carbonyl (C=O) groups excluding carboxylic acids is 2. The molecule has 0 aliphatic rings. The third-order valence-electron chi connectivity index (χ3n) is 4.94. The van der Waals surface area contributed by atoms with Gasteiger partial charge in [-0.25, -0.2) is 0 Å². The fraction of sp³-hybridized carbons (Fsp3) is 0.185. The van der Waals surface area contributed by atoms with Crippen molar-refractivity contribution in [2.45, 2.75) is 23.5 Å². The third-order valence-corrected chi connectivity index (χ3v) is 6.29. The van der Waals surface area contributed by atoms with E-state index in [1.54, 1.807) is 38.5 Å². The molecule has 0 saturated heterocycles. The van der Waals surface area contributed by atoms with Crippen LogP contribution >= 0.6 is 11.8 Å². The summed E-state index contributed by atoms with van der Waals surface area (Å²) in [7, 11) is 3.12. The van der Waals surface area contributed by atoms with Crippen molar-refractivity contribution in [3.63, 3.8) is 0 Å². The van der Waals surface area contributed by atoms with Crippen LogP contribution in [0.25, 0.3) is 6.08 Å². The Hall–Kier alpha value is -3.71. The number of ether oxygens (including phenoxy) is 2. The first-order chi connectivity index (χ1) is 16.5. The maximum atomic E-state index is 13.0. The van der Waals surface area contributed by atoms with Crippen LogP contribution in [0.1, 0.15) is 18.9 Å². The Morgan fingerprint density at radius 1 is 0.941 bits per heavy atom. The van der Waals surface area contributed by atoms with Crippen LogP contribution in [0.15, 0.2) is 83.8 Å². The van der Waals surface area contributed by atoms with Gasteiger partial charge in [0.2, 0.25) is 11.8 Å². The minimum atomic E-state index is -0.323. The van der Waals surface area contributed by atoms with Crippen LogP contribution in [0.3, 0.4) is 0 Å². The highest BCUT2D eigenvalue weighted by Gasteiger charge is 2.20. The number of hydrogen-bond donors (Lipinski definition) is 2. The molecule has 0 fully saturated rings. The lowest BCUT2D eigenvalue weighted by molar-refractivity contribution is -0.115. The molecule has 0 spiro atoms. The number of nitrogens with one attached hydrogen (secondary N) is 2.